The summed E-state index contributed by atoms with van der Waals surface area (Å²) >= 11 is 0. The lowest BCUT2D eigenvalue weighted by Crippen LogP contribution is -2.69. The Kier molecular flexibility index (Phi) is 2.99. The van der Waals surface area contributed by atoms with Gasteiger partial charge in [-0.1, -0.05) is 12.2 Å². The molecule has 0 aromatic rings. The number of carbonyl (C=O) groups is 2. The molecule has 6 nitrogen and oxygen atoms in total. The maximum absolute atomic E-state index is 12.3. The van der Waals surface area contributed by atoms with E-state index in [4.69, 9.17) is 14.2 Å². The maximum atomic E-state index is 12.3. The second-order valence-electron chi connectivity index (χ2n) is 6.12. The van der Waals surface area contributed by atoms with Crippen LogP contribution in [-0.2, 0) is 23.8 Å². The van der Waals surface area contributed by atoms with Crippen molar-refractivity contribution in [2.24, 2.45) is 22.2 Å². The molecule has 0 N–H and O–H groups in total. The molecule has 0 fully saturated rings. The van der Waals surface area contributed by atoms with E-state index in [0.717, 1.165) is 0 Å². The summed E-state index contributed by atoms with van der Waals surface area (Å²) in [6.07, 6.45) is 3.87. The van der Waals surface area contributed by atoms with Crippen LogP contribution >= 0.6 is 0 Å². The van der Waals surface area contributed by atoms with Crippen molar-refractivity contribution in [3.63, 3.8) is 0 Å². The lowest BCUT2D eigenvalue weighted by molar-refractivity contribution is -0.142. The van der Waals surface area contributed by atoms with Crippen LogP contribution in [0.5, 0.6) is 0 Å². The Morgan fingerprint density at radius 2 is 1.50 bits per heavy atom. The van der Waals surface area contributed by atoms with Crippen molar-refractivity contribution in [3.8, 4) is 0 Å². The fourth-order valence-electron chi connectivity index (χ4n) is 4.10. The van der Waals surface area contributed by atoms with Crippen molar-refractivity contribution < 1.29 is 23.8 Å². The molecule has 0 unspecified atom stereocenters. The normalized spacial score (nSPS) is 38.0. The molecule has 6 heteroatoms. The number of ether oxygens (including phenoxy) is 3. The topological polar surface area (TPSA) is 74.2 Å². The zero-order valence-electron chi connectivity index (χ0n) is 13.3. The minimum absolute atomic E-state index is 0.323. The summed E-state index contributed by atoms with van der Waals surface area (Å²) in [6, 6.07) is 0. The number of hydrogen-bond donors (Lipinski definition) is 0. The number of esters is 2. The van der Waals surface area contributed by atoms with Gasteiger partial charge in [-0.05, 0) is 13.8 Å². The van der Waals surface area contributed by atoms with Gasteiger partial charge < -0.3 is 14.2 Å². The van der Waals surface area contributed by atoms with Gasteiger partial charge in [-0.2, -0.15) is 0 Å². The van der Waals surface area contributed by atoms with E-state index in [1.165, 1.54) is 14.2 Å². The SMILES string of the molecule is COC(=O)C1=C(C(=O)OC)[C@@H]2C=C[C@H]1[C@]1(C)N=C(OC)[C@@]21C. The van der Waals surface area contributed by atoms with E-state index in [-0.39, 0.29) is 11.8 Å². The highest BCUT2D eigenvalue weighted by Crippen LogP contribution is 2.64. The van der Waals surface area contributed by atoms with E-state index in [2.05, 4.69) is 4.99 Å². The predicted molar refractivity (Wildman–Crippen MR) is 78.1 cm³/mol. The third kappa shape index (κ3) is 1.38. The number of allylic oxidation sites excluding steroid dienone is 1. The van der Waals surface area contributed by atoms with Crippen molar-refractivity contribution in [1.29, 1.82) is 0 Å². The lowest BCUT2D eigenvalue weighted by atomic mass is 9.45. The van der Waals surface area contributed by atoms with Gasteiger partial charge in [0.2, 0.25) is 0 Å². The quantitative estimate of drug-likeness (QED) is 0.567. The highest BCUT2D eigenvalue weighted by atomic mass is 16.5. The smallest absolute Gasteiger partial charge is 0.334 e. The van der Waals surface area contributed by atoms with E-state index in [0.29, 0.717) is 17.0 Å². The minimum atomic E-state index is -0.529. The molecule has 4 atom stereocenters. The molecule has 22 heavy (non-hydrogen) atoms. The van der Waals surface area contributed by atoms with Crippen LogP contribution in [0.4, 0.5) is 0 Å². The zero-order valence-corrected chi connectivity index (χ0v) is 13.3. The molecule has 0 aromatic heterocycles. The minimum Gasteiger partial charge on any atom is -0.484 e. The second-order valence-corrected chi connectivity index (χ2v) is 6.12. The van der Waals surface area contributed by atoms with Gasteiger partial charge in [0, 0.05) is 11.8 Å². The van der Waals surface area contributed by atoms with E-state index in [1.807, 2.05) is 26.0 Å². The van der Waals surface area contributed by atoms with Crippen LogP contribution in [0.2, 0.25) is 0 Å². The fraction of sp³-hybridized carbons (Fsp3) is 0.562. The van der Waals surface area contributed by atoms with Crippen LogP contribution in [0.3, 0.4) is 0 Å². The Balaban J connectivity index is 2.23. The highest BCUT2D eigenvalue weighted by Gasteiger charge is 2.71. The van der Waals surface area contributed by atoms with Gasteiger partial charge in [-0.25, -0.2) is 14.6 Å². The molecule has 4 rings (SSSR count). The monoisotopic (exact) mass is 305 g/mol. The van der Waals surface area contributed by atoms with Gasteiger partial charge in [-0.3, -0.25) is 0 Å². The van der Waals surface area contributed by atoms with E-state index >= 15 is 0 Å². The number of rotatable bonds is 2. The molecule has 0 radical (unpaired) electrons. The number of aliphatic imine (C=N–C) groups is 1. The number of hydrogen-bond acceptors (Lipinski definition) is 6. The Morgan fingerprint density at radius 1 is 1.00 bits per heavy atom. The number of carbonyl (C=O) groups excluding carboxylic acids is 2. The van der Waals surface area contributed by atoms with Crippen LogP contribution in [0, 0.1) is 17.3 Å². The standard InChI is InChI=1S/C16H19NO5/c1-15-8-6-7-9(16(15,2)17-14(15)22-5)11(13(19)21-4)10(8)12(18)20-3/h6-9H,1-5H3/t8-,9+,15+,16-/m0/s1. The first kappa shape index (κ1) is 14.8. The fourth-order valence-corrected chi connectivity index (χ4v) is 4.10. The molecule has 1 heterocycles. The summed E-state index contributed by atoms with van der Waals surface area (Å²) in [5.74, 6) is -1.08. The predicted octanol–water partition coefficient (Wildman–Crippen LogP) is 1.27. The average molecular weight is 305 g/mol. The van der Waals surface area contributed by atoms with Gasteiger partial charge in [-0.15, -0.1) is 0 Å². The molecule has 0 amide bonds. The van der Waals surface area contributed by atoms with Gasteiger partial charge in [0.1, 0.15) is 0 Å². The molecular formula is C16H19NO5. The molecule has 0 spiro atoms. The zero-order chi connectivity index (χ0) is 16.3. The summed E-state index contributed by atoms with van der Waals surface area (Å²) in [5.41, 5.74) is -0.298. The Hall–Kier alpha value is -2.11. The van der Waals surface area contributed by atoms with E-state index in [9.17, 15) is 9.59 Å². The van der Waals surface area contributed by atoms with Crippen molar-refractivity contribution in [2.45, 2.75) is 19.4 Å². The van der Waals surface area contributed by atoms with Gasteiger partial charge >= 0.3 is 11.9 Å². The van der Waals surface area contributed by atoms with Crippen LogP contribution in [-0.4, -0.2) is 44.7 Å². The molecular weight excluding hydrogens is 286 g/mol. The van der Waals surface area contributed by atoms with E-state index in [1.54, 1.807) is 7.11 Å². The first-order valence-corrected chi connectivity index (χ1v) is 7.10. The Morgan fingerprint density at radius 3 is 2.00 bits per heavy atom. The molecule has 1 aliphatic heterocycles. The van der Waals surface area contributed by atoms with Crippen molar-refractivity contribution in [3.05, 3.63) is 23.3 Å². The van der Waals surface area contributed by atoms with Crippen LogP contribution < -0.4 is 0 Å². The van der Waals surface area contributed by atoms with Crippen LogP contribution in [0.25, 0.3) is 0 Å². The van der Waals surface area contributed by atoms with Crippen molar-refractivity contribution in [2.75, 3.05) is 21.3 Å². The molecule has 2 bridgehead atoms. The largest absolute Gasteiger partial charge is 0.484 e. The van der Waals surface area contributed by atoms with Gasteiger partial charge in [0.05, 0.1) is 43.4 Å². The maximum Gasteiger partial charge on any atom is 0.334 e. The summed E-state index contributed by atoms with van der Waals surface area (Å²) in [7, 11) is 4.19. The first-order valence-electron chi connectivity index (χ1n) is 7.10. The lowest BCUT2D eigenvalue weighted by Gasteiger charge is -2.62. The third-order valence-electron chi connectivity index (χ3n) is 5.47. The first-order chi connectivity index (χ1) is 10.4. The molecule has 0 aromatic carbocycles. The third-order valence-corrected chi connectivity index (χ3v) is 5.47. The number of methoxy groups -OCH3 is 3. The summed E-state index contributed by atoms with van der Waals surface area (Å²) in [5, 5.41) is 0. The average Bonchev–Trinajstić information content (AvgIpc) is 2.54. The summed E-state index contributed by atoms with van der Waals surface area (Å²) in [6.45, 7) is 3.99. The number of nitrogens with zero attached hydrogens (tertiary/aromatic N) is 1. The molecule has 3 aliphatic carbocycles. The Bertz CT molecular complexity index is 661. The second kappa shape index (κ2) is 4.44. The molecule has 118 valence electrons. The molecule has 0 saturated carbocycles. The summed E-state index contributed by atoms with van der Waals surface area (Å²) < 4.78 is 15.2. The van der Waals surface area contributed by atoms with Crippen molar-refractivity contribution >= 4 is 17.8 Å². The van der Waals surface area contributed by atoms with Crippen LogP contribution in [0.1, 0.15) is 13.8 Å². The Labute approximate surface area is 128 Å². The van der Waals surface area contributed by atoms with E-state index < -0.39 is 22.9 Å². The summed E-state index contributed by atoms with van der Waals surface area (Å²) in [4.78, 5) is 29.1. The molecule has 4 aliphatic rings. The van der Waals surface area contributed by atoms with Crippen molar-refractivity contribution in [1.82, 2.24) is 0 Å². The molecule has 0 saturated heterocycles. The van der Waals surface area contributed by atoms with Crippen LogP contribution in [0.15, 0.2) is 28.3 Å². The van der Waals surface area contributed by atoms with Gasteiger partial charge in [0.25, 0.3) is 0 Å². The highest BCUT2D eigenvalue weighted by molar-refractivity contribution is 6.06. The van der Waals surface area contributed by atoms with Gasteiger partial charge in [0.15, 0.2) is 5.90 Å².